The summed E-state index contributed by atoms with van der Waals surface area (Å²) in [6, 6.07) is 11.5. The fraction of sp³-hybridized carbons (Fsp3) is 0.350. The SMILES string of the molecule is COc1ccc(C)cc1NC(=O)CNc1cc(Cl)ccc1N1CCCC1. The van der Waals surface area contributed by atoms with E-state index in [4.69, 9.17) is 16.3 Å². The van der Waals surface area contributed by atoms with Crippen LogP contribution in [0.4, 0.5) is 17.1 Å². The van der Waals surface area contributed by atoms with E-state index in [0.29, 0.717) is 16.5 Å². The van der Waals surface area contributed by atoms with Crippen molar-refractivity contribution in [2.75, 3.05) is 42.3 Å². The van der Waals surface area contributed by atoms with E-state index in [1.54, 1.807) is 7.11 Å². The molecule has 0 aliphatic carbocycles. The molecule has 1 aliphatic rings. The largest absolute Gasteiger partial charge is 0.495 e. The molecule has 0 radical (unpaired) electrons. The normalized spacial score (nSPS) is 13.6. The quantitative estimate of drug-likeness (QED) is 0.792. The van der Waals surface area contributed by atoms with Crippen molar-refractivity contribution in [3.05, 3.63) is 47.0 Å². The van der Waals surface area contributed by atoms with Crippen LogP contribution in [0.3, 0.4) is 0 Å². The predicted molar refractivity (Wildman–Crippen MR) is 108 cm³/mol. The molecule has 3 rings (SSSR count). The van der Waals surface area contributed by atoms with E-state index in [1.165, 1.54) is 12.8 Å². The molecule has 0 unspecified atom stereocenters. The van der Waals surface area contributed by atoms with Gasteiger partial charge in [-0.25, -0.2) is 0 Å². The number of methoxy groups -OCH3 is 1. The van der Waals surface area contributed by atoms with Crippen LogP contribution in [-0.2, 0) is 4.79 Å². The van der Waals surface area contributed by atoms with Crippen LogP contribution in [0, 0.1) is 6.92 Å². The first kappa shape index (κ1) is 18.4. The summed E-state index contributed by atoms with van der Waals surface area (Å²) in [6.07, 6.45) is 2.38. The lowest BCUT2D eigenvalue weighted by Crippen LogP contribution is -2.24. The number of hydrogen-bond donors (Lipinski definition) is 2. The van der Waals surface area contributed by atoms with Crippen molar-refractivity contribution in [2.24, 2.45) is 0 Å². The number of ether oxygens (including phenoxy) is 1. The molecule has 0 saturated carbocycles. The number of carbonyl (C=O) groups excluding carboxylic acids is 1. The minimum Gasteiger partial charge on any atom is -0.495 e. The van der Waals surface area contributed by atoms with Crippen LogP contribution in [0.2, 0.25) is 5.02 Å². The lowest BCUT2D eigenvalue weighted by atomic mass is 10.2. The molecule has 1 saturated heterocycles. The lowest BCUT2D eigenvalue weighted by molar-refractivity contribution is -0.114. The smallest absolute Gasteiger partial charge is 0.243 e. The van der Waals surface area contributed by atoms with Gasteiger partial charge in [0.2, 0.25) is 5.91 Å². The highest BCUT2D eigenvalue weighted by Crippen LogP contribution is 2.31. The highest BCUT2D eigenvalue weighted by atomic mass is 35.5. The number of anilines is 3. The number of carbonyl (C=O) groups is 1. The number of halogens is 1. The number of benzene rings is 2. The van der Waals surface area contributed by atoms with Crippen molar-refractivity contribution in [3.63, 3.8) is 0 Å². The Hall–Kier alpha value is -2.40. The van der Waals surface area contributed by atoms with Gasteiger partial charge in [-0.15, -0.1) is 0 Å². The molecule has 1 aliphatic heterocycles. The van der Waals surface area contributed by atoms with E-state index < -0.39 is 0 Å². The van der Waals surface area contributed by atoms with Crippen LogP contribution < -0.4 is 20.3 Å². The van der Waals surface area contributed by atoms with Gasteiger partial charge in [0.05, 0.1) is 30.7 Å². The molecule has 0 spiro atoms. The third kappa shape index (κ3) is 4.41. The Morgan fingerprint density at radius 1 is 1.15 bits per heavy atom. The van der Waals surface area contributed by atoms with Crippen LogP contribution in [0.15, 0.2) is 36.4 Å². The molecule has 2 aromatic carbocycles. The van der Waals surface area contributed by atoms with Gasteiger partial charge in [-0.3, -0.25) is 4.79 Å². The average molecular weight is 374 g/mol. The summed E-state index contributed by atoms with van der Waals surface area (Å²) in [5, 5.41) is 6.78. The van der Waals surface area contributed by atoms with Gasteiger partial charge < -0.3 is 20.3 Å². The van der Waals surface area contributed by atoms with Gasteiger partial charge in [-0.2, -0.15) is 0 Å². The van der Waals surface area contributed by atoms with Gasteiger partial charge in [0, 0.05) is 18.1 Å². The second-order valence-electron chi connectivity index (χ2n) is 6.46. The average Bonchev–Trinajstić information content (AvgIpc) is 3.14. The van der Waals surface area contributed by atoms with E-state index in [-0.39, 0.29) is 12.5 Å². The molecule has 138 valence electrons. The maximum Gasteiger partial charge on any atom is 0.243 e. The second-order valence-corrected chi connectivity index (χ2v) is 6.90. The summed E-state index contributed by atoms with van der Waals surface area (Å²) in [5.74, 6) is 0.505. The topological polar surface area (TPSA) is 53.6 Å². The van der Waals surface area contributed by atoms with E-state index in [0.717, 1.165) is 30.0 Å². The molecular weight excluding hydrogens is 350 g/mol. The van der Waals surface area contributed by atoms with Gasteiger partial charge in [-0.05, 0) is 55.7 Å². The highest BCUT2D eigenvalue weighted by Gasteiger charge is 2.16. The standard InChI is InChI=1S/C20H24ClN3O2/c1-14-5-8-19(26-2)17(11-14)23-20(25)13-22-16-12-15(21)6-7-18(16)24-9-3-4-10-24/h5-8,11-12,22H,3-4,9-10,13H2,1-2H3,(H,23,25). The van der Waals surface area contributed by atoms with E-state index in [9.17, 15) is 4.79 Å². The molecule has 1 amide bonds. The van der Waals surface area contributed by atoms with Gasteiger partial charge >= 0.3 is 0 Å². The Kier molecular flexibility index (Phi) is 5.89. The zero-order chi connectivity index (χ0) is 18.5. The number of rotatable bonds is 6. The number of hydrogen-bond acceptors (Lipinski definition) is 4. The Morgan fingerprint density at radius 3 is 2.65 bits per heavy atom. The Bertz CT molecular complexity index is 789. The zero-order valence-corrected chi connectivity index (χ0v) is 15.9. The first-order chi connectivity index (χ1) is 12.6. The number of amides is 1. The maximum atomic E-state index is 12.4. The van der Waals surface area contributed by atoms with Crippen molar-refractivity contribution in [2.45, 2.75) is 19.8 Å². The summed E-state index contributed by atoms with van der Waals surface area (Å²) in [4.78, 5) is 14.7. The Balaban J connectivity index is 1.68. The van der Waals surface area contributed by atoms with Gasteiger partial charge in [0.15, 0.2) is 0 Å². The monoisotopic (exact) mass is 373 g/mol. The van der Waals surface area contributed by atoms with Gasteiger partial charge in [0.1, 0.15) is 5.75 Å². The lowest BCUT2D eigenvalue weighted by Gasteiger charge is -2.22. The summed E-state index contributed by atoms with van der Waals surface area (Å²) in [7, 11) is 1.59. The molecule has 2 N–H and O–H groups in total. The first-order valence-electron chi connectivity index (χ1n) is 8.79. The van der Waals surface area contributed by atoms with Crippen molar-refractivity contribution >= 4 is 34.6 Å². The molecule has 0 atom stereocenters. The summed E-state index contributed by atoms with van der Waals surface area (Å²) < 4.78 is 5.31. The number of nitrogens with one attached hydrogen (secondary N) is 2. The third-order valence-electron chi connectivity index (χ3n) is 4.47. The van der Waals surface area contributed by atoms with Crippen molar-refractivity contribution in [1.82, 2.24) is 0 Å². The van der Waals surface area contributed by atoms with E-state index in [1.807, 2.05) is 43.3 Å². The predicted octanol–water partition coefficient (Wildman–Crippen LogP) is 4.31. The molecule has 6 heteroatoms. The van der Waals surface area contributed by atoms with E-state index >= 15 is 0 Å². The molecule has 0 bridgehead atoms. The van der Waals surface area contributed by atoms with Crippen molar-refractivity contribution in [1.29, 1.82) is 0 Å². The minimum atomic E-state index is -0.138. The van der Waals surface area contributed by atoms with Crippen LogP contribution in [0.5, 0.6) is 5.75 Å². The van der Waals surface area contributed by atoms with Crippen LogP contribution in [-0.4, -0.2) is 32.7 Å². The molecule has 2 aromatic rings. The first-order valence-corrected chi connectivity index (χ1v) is 9.17. The molecule has 1 heterocycles. The summed E-state index contributed by atoms with van der Waals surface area (Å²) >= 11 is 6.15. The number of aryl methyl sites for hydroxylation is 1. The Labute approximate surface area is 159 Å². The second kappa shape index (κ2) is 8.32. The minimum absolute atomic E-state index is 0.138. The van der Waals surface area contributed by atoms with Gasteiger partial charge in [-0.1, -0.05) is 17.7 Å². The molecule has 0 aromatic heterocycles. The van der Waals surface area contributed by atoms with Crippen molar-refractivity contribution < 1.29 is 9.53 Å². The number of nitrogens with zero attached hydrogens (tertiary/aromatic N) is 1. The molecule has 26 heavy (non-hydrogen) atoms. The third-order valence-corrected chi connectivity index (χ3v) is 4.71. The van der Waals surface area contributed by atoms with Crippen molar-refractivity contribution in [3.8, 4) is 5.75 Å². The highest BCUT2D eigenvalue weighted by molar-refractivity contribution is 6.31. The van der Waals surface area contributed by atoms with Crippen LogP contribution in [0.25, 0.3) is 0 Å². The fourth-order valence-corrected chi connectivity index (χ4v) is 3.35. The summed E-state index contributed by atoms with van der Waals surface area (Å²) in [6.45, 7) is 4.19. The van der Waals surface area contributed by atoms with Gasteiger partial charge in [0.25, 0.3) is 0 Å². The van der Waals surface area contributed by atoms with Crippen LogP contribution in [0.1, 0.15) is 18.4 Å². The molecule has 1 fully saturated rings. The maximum absolute atomic E-state index is 12.4. The Morgan fingerprint density at radius 2 is 1.92 bits per heavy atom. The molecule has 5 nitrogen and oxygen atoms in total. The molecular formula is C20H24ClN3O2. The zero-order valence-electron chi connectivity index (χ0n) is 15.1. The van der Waals surface area contributed by atoms with Crippen LogP contribution >= 0.6 is 11.6 Å². The van der Waals surface area contributed by atoms with E-state index in [2.05, 4.69) is 15.5 Å². The fourth-order valence-electron chi connectivity index (χ4n) is 3.17. The summed E-state index contributed by atoms with van der Waals surface area (Å²) in [5.41, 5.74) is 3.70.